The third-order valence-electron chi connectivity index (χ3n) is 3.08. The Hall–Kier alpha value is -0.320. The van der Waals surface area contributed by atoms with Crippen LogP contribution in [0, 0.1) is 0 Å². The zero-order valence-corrected chi connectivity index (χ0v) is 14.3. The second-order valence-corrected chi connectivity index (χ2v) is 7.30. The minimum absolute atomic E-state index is 4.12. The lowest BCUT2D eigenvalue weighted by Gasteiger charge is -2.43. The van der Waals surface area contributed by atoms with E-state index in [1.165, 1.54) is 0 Å². The fourth-order valence-corrected chi connectivity index (χ4v) is 1.70. The van der Waals surface area contributed by atoms with E-state index in [0.29, 0.717) is 0 Å². The van der Waals surface area contributed by atoms with Gasteiger partial charge in [-0.15, -0.1) is 0 Å². The van der Waals surface area contributed by atoms with Gasteiger partial charge in [0.2, 0.25) is 0 Å². The van der Waals surface area contributed by atoms with Gasteiger partial charge in [0.15, 0.2) is 0 Å². The molecular formula is C9Cl3F17. The lowest BCUT2D eigenvalue weighted by molar-refractivity contribution is -0.461. The molecule has 0 heterocycles. The van der Waals surface area contributed by atoms with Crippen molar-refractivity contribution in [2.75, 3.05) is 0 Å². The monoisotopic (exact) mass is 536 g/mol. The molecule has 0 aliphatic carbocycles. The minimum Gasteiger partial charge on any atom is -0.195 e. The van der Waals surface area contributed by atoms with Gasteiger partial charge in [-0.2, -0.15) is 74.6 Å². The normalized spacial score (nSPS) is 17.0. The number of halogens is 20. The fourth-order valence-electron chi connectivity index (χ4n) is 1.34. The van der Waals surface area contributed by atoms with E-state index >= 15 is 0 Å². The van der Waals surface area contributed by atoms with E-state index in [0.717, 1.165) is 0 Å². The topological polar surface area (TPSA) is 0 Å². The van der Waals surface area contributed by atoms with Crippen LogP contribution in [0.4, 0.5) is 74.6 Å². The van der Waals surface area contributed by atoms with Crippen molar-refractivity contribution < 1.29 is 74.6 Å². The predicted octanol–water partition coefficient (Wildman–Crippen LogP) is 7.37. The number of hydrogen-bond acceptors (Lipinski definition) is 0. The van der Waals surface area contributed by atoms with Gasteiger partial charge in [-0.3, -0.25) is 0 Å². The third-order valence-corrected chi connectivity index (χ3v) is 3.79. The smallest absolute Gasteiger partial charge is 0.195 e. The van der Waals surface area contributed by atoms with Crippen LogP contribution in [0.2, 0.25) is 0 Å². The first-order valence-corrected chi connectivity index (χ1v) is 6.91. The fraction of sp³-hybridized carbons (Fsp3) is 1.00. The Labute approximate surface area is 161 Å². The molecule has 0 atom stereocenters. The molecule has 0 unspecified atom stereocenters. The molecule has 0 amide bonds. The van der Waals surface area contributed by atoms with Crippen molar-refractivity contribution in [2.45, 2.75) is 51.4 Å². The molecule has 0 aliphatic rings. The molecule has 0 radical (unpaired) electrons. The molecule has 176 valence electrons. The largest absolute Gasteiger partial charge is 0.460 e. The zero-order chi connectivity index (χ0) is 24.5. The van der Waals surface area contributed by atoms with Gasteiger partial charge in [0.1, 0.15) is 0 Å². The number of rotatable bonds is 6. The van der Waals surface area contributed by atoms with Gasteiger partial charge in [0.25, 0.3) is 3.79 Å². The standard InChI is InChI=1S/C9Cl3F17/c10-8(11,12)6(23,24)4(19,20)2(15,16)1(13,14)3(17,18)5(21,22)7(25,26)9(27,28)29. The molecule has 0 rings (SSSR count). The van der Waals surface area contributed by atoms with Crippen LogP contribution in [0.1, 0.15) is 0 Å². The summed E-state index contributed by atoms with van der Waals surface area (Å²) >= 11 is 12.4. The molecule has 0 saturated heterocycles. The highest BCUT2D eigenvalue weighted by Crippen LogP contribution is 2.65. The molecule has 20 heteroatoms. The summed E-state index contributed by atoms with van der Waals surface area (Å²) in [5, 5.41) is 0. The summed E-state index contributed by atoms with van der Waals surface area (Å²) < 4.78 is 213. The minimum atomic E-state index is -8.71. The molecule has 0 aromatic rings. The van der Waals surface area contributed by atoms with Crippen molar-refractivity contribution in [3.63, 3.8) is 0 Å². The maximum Gasteiger partial charge on any atom is 0.460 e. The summed E-state index contributed by atoms with van der Waals surface area (Å²) in [5.74, 6) is -57.8. The molecule has 0 fully saturated rings. The summed E-state index contributed by atoms with van der Waals surface area (Å²) in [4.78, 5) is 0. The second-order valence-electron chi connectivity index (χ2n) is 5.02. The Balaban J connectivity index is 6.82. The lowest BCUT2D eigenvalue weighted by atomic mass is 9.89. The highest BCUT2D eigenvalue weighted by atomic mass is 35.6. The van der Waals surface area contributed by atoms with Crippen molar-refractivity contribution in [3.05, 3.63) is 0 Å². The predicted molar refractivity (Wildman–Crippen MR) is 61.0 cm³/mol. The highest BCUT2D eigenvalue weighted by molar-refractivity contribution is 6.68. The summed E-state index contributed by atoms with van der Waals surface area (Å²) in [6.45, 7) is 0. The third kappa shape index (κ3) is 3.55. The summed E-state index contributed by atoms with van der Waals surface area (Å²) in [6, 6.07) is 0. The van der Waals surface area contributed by atoms with Gasteiger partial charge < -0.3 is 0 Å². The van der Waals surface area contributed by atoms with Gasteiger partial charge in [-0.05, 0) is 0 Å². The SMILES string of the molecule is FC(F)(F)C(F)(F)C(F)(F)C(F)(F)C(F)(F)C(F)(F)C(F)(F)C(F)(F)C(Cl)(Cl)Cl. The molecule has 0 aliphatic heterocycles. The Bertz CT molecular complexity index is 561. The first-order valence-electron chi connectivity index (χ1n) is 5.78. The van der Waals surface area contributed by atoms with E-state index in [1.54, 1.807) is 0 Å². The summed E-state index contributed by atoms with van der Waals surface area (Å²) in [6.07, 6.45) is -7.81. The van der Waals surface area contributed by atoms with Crippen molar-refractivity contribution in [3.8, 4) is 0 Å². The Morgan fingerprint density at radius 2 is 0.448 bits per heavy atom. The van der Waals surface area contributed by atoms with E-state index < -0.39 is 51.4 Å². The maximum atomic E-state index is 13.2. The average molecular weight is 537 g/mol. The van der Waals surface area contributed by atoms with Gasteiger partial charge in [-0.1, -0.05) is 34.8 Å². The van der Waals surface area contributed by atoms with E-state index in [-0.39, 0.29) is 0 Å². The molecule has 0 aromatic carbocycles. The summed E-state index contributed by atoms with van der Waals surface area (Å²) in [5.41, 5.74) is 0. The van der Waals surface area contributed by atoms with E-state index in [4.69, 9.17) is 0 Å². The average Bonchev–Trinajstić information content (AvgIpc) is 2.43. The van der Waals surface area contributed by atoms with Crippen LogP contribution < -0.4 is 0 Å². The maximum absolute atomic E-state index is 13.2. The van der Waals surface area contributed by atoms with E-state index in [9.17, 15) is 74.6 Å². The van der Waals surface area contributed by atoms with E-state index in [1.807, 2.05) is 0 Å². The lowest BCUT2D eigenvalue weighted by Crippen LogP contribution is -2.75. The first kappa shape index (κ1) is 28.7. The van der Waals surface area contributed by atoms with Gasteiger partial charge in [0, 0.05) is 0 Å². The number of alkyl halides is 20. The Morgan fingerprint density at radius 1 is 0.276 bits per heavy atom. The van der Waals surface area contributed by atoms with Crippen molar-refractivity contribution in [2.24, 2.45) is 0 Å². The quantitative estimate of drug-likeness (QED) is 0.245. The Morgan fingerprint density at radius 3 is 0.621 bits per heavy atom. The molecule has 29 heavy (non-hydrogen) atoms. The highest BCUT2D eigenvalue weighted by Gasteiger charge is 2.96. The van der Waals surface area contributed by atoms with Gasteiger partial charge >= 0.3 is 47.6 Å². The molecule has 0 nitrogen and oxygen atoms in total. The second kappa shape index (κ2) is 6.84. The first-order chi connectivity index (χ1) is 12.0. The van der Waals surface area contributed by atoms with Crippen molar-refractivity contribution >= 4 is 34.8 Å². The van der Waals surface area contributed by atoms with Crippen LogP contribution >= 0.6 is 34.8 Å². The molecule has 0 bridgehead atoms. The summed E-state index contributed by atoms with van der Waals surface area (Å²) in [7, 11) is 0. The Kier molecular flexibility index (Phi) is 6.76. The molecule has 0 N–H and O–H groups in total. The van der Waals surface area contributed by atoms with Crippen molar-refractivity contribution in [1.29, 1.82) is 0 Å². The molecule has 0 aromatic heterocycles. The van der Waals surface area contributed by atoms with Crippen LogP contribution in [0.5, 0.6) is 0 Å². The van der Waals surface area contributed by atoms with Crippen molar-refractivity contribution in [1.82, 2.24) is 0 Å². The number of hydrogen-bond donors (Lipinski definition) is 0. The van der Waals surface area contributed by atoms with Gasteiger partial charge in [-0.25, -0.2) is 0 Å². The van der Waals surface area contributed by atoms with E-state index in [2.05, 4.69) is 34.8 Å². The molecule has 0 spiro atoms. The molecule has 0 saturated carbocycles. The van der Waals surface area contributed by atoms with Crippen LogP contribution in [-0.2, 0) is 0 Å². The van der Waals surface area contributed by atoms with Crippen LogP contribution in [0.3, 0.4) is 0 Å². The molecular weight excluding hydrogens is 537 g/mol. The zero-order valence-electron chi connectivity index (χ0n) is 12.1. The van der Waals surface area contributed by atoms with Crippen LogP contribution in [0.15, 0.2) is 0 Å². The van der Waals surface area contributed by atoms with Crippen LogP contribution in [-0.4, -0.2) is 51.4 Å². The van der Waals surface area contributed by atoms with Crippen LogP contribution in [0.25, 0.3) is 0 Å². The van der Waals surface area contributed by atoms with Gasteiger partial charge in [0.05, 0.1) is 0 Å².